The molecule has 0 bridgehead atoms. The highest BCUT2D eigenvalue weighted by atomic mass is 35.5. The molecule has 1 N–H and O–H groups in total. The molecule has 1 atom stereocenters. The number of fused-ring (bicyclic) bond motifs is 1. The number of ether oxygens (including phenoxy) is 1. The van der Waals surface area contributed by atoms with E-state index in [4.69, 9.17) is 16.3 Å². The average molecular weight is 306 g/mol. The molecule has 0 radical (unpaired) electrons. The van der Waals surface area contributed by atoms with E-state index in [9.17, 15) is 5.11 Å². The molecule has 3 rings (SSSR count). The minimum atomic E-state index is -0.390. The van der Waals surface area contributed by atoms with Gasteiger partial charge >= 0.3 is 0 Å². The number of rotatable bonds is 2. The van der Waals surface area contributed by atoms with Crippen LogP contribution in [0.3, 0.4) is 0 Å². The Balaban J connectivity index is 2.09. The Morgan fingerprint density at radius 1 is 1.33 bits per heavy atom. The lowest BCUT2D eigenvalue weighted by atomic mass is 9.75. The number of methoxy groups -OCH3 is 1. The molecule has 4 heteroatoms. The highest BCUT2D eigenvalue weighted by Gasteiger charge is 2.33. The Hall–Kier alpha value is -1.45. The summed E-state index contributed by atoms with van der Waals surface area (Å²) in [7, 11) is 1.61. The van der Waals surface area contributed by atoms with Crippen molar-refractivity contribution in [3.63, 3.8) is 0 Å². The fourth-order valence-electron chi connectivity index (χ4n) is 3.17. The summed E-state index contributed by atoms with van der Waals surface area (Å²) in [5, 5.41) is 10.9. The van der Waals surface area contributed by atoms with Crippen molar-refractivity contribution in [2.75, 3.05) is 7.11 Å². The number of aliphatic hydroxyl groups excluding tert-OH is 1. The predicted molar refractivity (Wildman–Crippen MR) is 84.4 cm³/mol. The summed E-state index contributed by atoms with van der Waals surface area (Å²) in [6, 6.07) is 7.75. The zero-order valence-corrected chi connectivity index (χ0v) is 13.3. The molecule has 1 heterocycles. The van der Waals surface area contributed by atoms with E-state index in [-0.39, 0.29) is 11.5 Å². The minimum Gasteiger partial charge on any atom is -0.495 e. The summed E-state index contributed by atoms with van der Waals surface area (Å²) in [6.45, 7) is 4.39. The van der Waals surface area contributed by atoms with E-state index in [1.165, 1.54) is 5.69 Å². The van der Waals surface area contributed by atoms with Crippen LogP contribution in [0.25, 0.3) is 5.69 Å². The number of halogens is 1. The molecule has 0 saturated heterocycles. The van der Waals surface area contributed by atoms with Crippen molar-refractivity contribution in [3.05, 3.63) is 46.7 Å². The van der Waals surface area contributed by atoms with E-state index in [0.29, 0.717) is 10.8 Å². The minimum absolute atomic E-state index is 0.0963. The molecule has 1 aliphatic rings. The lowest BCUT2D eigenvalue weighted by Gasteiger charge is -2.34. The van der Waals surface area contributed by atoms with Gasteiger partial charge < -0.3 is 14.4 Å². The zero-order chi connectivity index (χ0) is 15.2. The van der Waals surface area contributed by atoms with Crippen molar-refractivity contribution >= 4 is 11.6 Å². The maximum absolute atomic E-state index is 10.3. The van der Waals surface area contributed by atoms with E-state index in [2.05, 4.69) is 18.4 Å². The van der Waals surface area contributed by atoms with Crippen LogP contribution >= 0.6 is 11.6 Å². The van der Waals surface area contributed by atoms with Gasteiger partial charge in [0, 0.05) is 29.2 Å². The predicted octanol–water partition coefficient (Wildman–Crippen LogP) is 4.15. The SMILES string of the molecule is COc1cc(-n2ccc3c2CC(C)(C)CC3O)ccc1Cl. The van der Waals surface area contributed by atoms with Crippen LogP contribution in [-0.2, 0) is 6.42 Å². The van der Waals surface area contributed by atoms with Gasteiger partial charge in [-0.25, -0.2) is 0 Å². The van der Waals surface area contributed by atoms with E-state index in [1.54, 1.807) is 7.11 Å². The summed E-state index contributed by atoms with van der Waals surface area (Å²) in [4.78, 5) is 0. The van der Waals surface area contributed by atoms with Gasteiger partial charge in [0.25, 0.3) is 0 Å². The third kappa shape index (κ3) is 2.56. The van der Waals surface area contributed by atoms with Crippen molar-refractivity contribution < 1.29 is 9.84 Å². The lowest BCUT2D eigenvalue weighted by Crippen LogP contribution is -2.26. The number of aromatic nitrogens is 1. The van der Waals surface area contributed by atoms with Crippen LogP contribution in [0.2, 0.25) is 5.02 Å². The fraction of sp³-hybridized carbons (Fsp3) is 0.412. The van der Waals surface area contributed by atoms with Crippen molar-refractivity contribution in [2.45, 2.75) is 32.8 Å². The summed E-state index contributed by atoms with van der Waals surface area (Å²) < 4.78 is 7.42. The van der Waals surface area contributed by atoms with Crippen LogP contribution in [-0.4, -0.2) is 16.8 Å². The number of benzene rings is 1. The van der Waals surface area contributed by atoms with Crippen LogP contribution in [0.15, 0.2) is 30.5 Å². The second-order valence-corrected chi connectivity index (χ2v) is 6.87. The first kappa shape index (κ1) is 14.5. The molecule has 0 aliphatic heterocycles. The van der Waals surface area contributed by atoms with Gasteiger partial charge in [-0.05, 0) is 36.5 Å². The first-order chi connectivity index (χ1) is 9.91. The van der Waals surface area contributed by atoms with E-state index >= 15 is 0 Å². The number of hydrogen-bond acceptors (Lipinski definition) is 2. The van der Waals surface area contributed by atoms with Crippen LogP contribution in [0.4, 0.5) is 0 Å². The maximum Gasteiger partial charge on any atom is 0.139 e. The molecule has 3 nitrogen and oxygen atoms in total. The molecule has 1 aliphatic carbocycles. The van der Waals surface area contributed by atoms with Gasteiger partial charge in [0.15, 0.2) is 0 Å². The first-order valence-corrected chi connectivity index (χ1v) is 7.51. The normalized spacial score (nSPS) is 20.1. The van der Waals surface area contributed by atoms with Gasteiger partial charge in [-0.2, -0.15) is 0 Å². The average Bonchev–Trinajstić information content (AvgIpc) is 2.82. The van der Waals surface area contributed by atoms with E-state index < -0.39 is 0 Å². The molecule has 2 aromatic rings. The summed E-state index contributed by atoms with van der Waals surface area (Å²) in [5.74, 6) is 0.659. The molecule has 21 heavy (non-hydrogen) atoms. The van der Waals surface area contributed by atoms with Gasteiger partial charge in [0.05, 0.1) is 18.2 Å². The third-order valence-electron chi connectivity index (χ3n) is 4.19. The lowest BCUT2D eigenvalue weighted by molar-refractivity contribution is 0.0987. The van der Waals surface area contributed by atoms with Crippen LogP contribution in [0.1, 0.15) is 37.6 Å². The Kier molecular flexibility index (Phi) is 3.50. The largest absolute Gasteiger partial charge is 0.495 e. The molecule has 0 fully saturated rings. The molecule has 1 aromatic carbocycles. The highest BCUT2D eigenvalue weighted by Crippen LogP contribution is 2.42. The van der Waals surface area contributed by atoms with Crippen LogP contribution in [0, 0.1) is 5.41 Å². The van der Waals surface area contributed by atoms with Gasteiger partial charge in [-0.3, -0.25) is 0 Å². The Bertz CT molecular complexity index is 675. The fourth-order valence-corrected chi connectivity index (χ4v) is 3.36. The van der Waals surface area contributed by atoms with Gasteiger partial charge in [-0.1, -0.05) is 25.4 Å². The van der Waals surface area contributed by atoms with Crippen molar-refractivity contribution in [3.8, 4) is 11.4 Å². The smallest absolute Gasteiger partial charge is 0.139 e. The van der Waals surface area contributed by atoms with E-state index in [1.807, 2.05) is 30.5 Å². The summed E-state index contributed by atoms with van der Waals surface area (Å²) >= 11 is 6.10. The molecule has 0 saturated carbocycles. The first-order valence-electron chi connectivity index (χ1n) is 7.13. The maximum atomic E-state index is 10.3. The molecule has 0 spiro atoms. The quantitative estimate of drug-likeness (QED) is 0.904. The van der Waals surface area contributed by atoms with Gasteiger partial charge in [0.2, 0.25) is 0 Å². The molecule has 0 amide bonds. The zero-order valence-electron chi connectivity index (χ0n) is 12.6. The van der Waals surface area contributed by atoms with Gasteiger partial charge in [-0.15, -0.1) is 0 Å². The number of hydrogen-bond donors (Lipinski definition) is 1. The van der Waals surface area contributed by atoms with E-state index in [0.717, 1.165) is 24.1 Å². The Morgan fingerprint density at radius 2 is 2.10 bits per heavy atom. The standard InChI is InChI=1S/C17H20ClNO2/c1-17(2)9-14-12(15(20)10-17)6-7-19(14)11-4-5-13(18)16(8-11)21-3/h4-8,15,20H,9-10H2,1-3H3. The molecule has 112 valence electrons. The molecule has 1 unspecified atom stereocenters. The highest BCUT2D eigenvalue weighted by molar-refractivity contribution is 6.32. The van der Waals surface area contributed by atoms with Crippen molar-refractivity contribution in [2.24, 2.45) is 5.41 Å². The number of nitrogens with zero attached hydrogens (tertiary/aromatic N) is 1. The number of aliphatic hydroxyl groups is 1. The van der Waals surface area contributed by atoms with Crippen molar-refractivity contribution in [1.29, 1.82) is 0 Å². The summed E-state index contributed by atoms with van der Waals surface area (Å²) in [5.41, 5.74) is 3.30. The molecular formula is C17H20ClNO2. The topological polar surface area (TPSA) is 34.4 Å². The van der Waals surface area contributed by atoms with Crippen LogP contribution < -0.4 is 4.74 Å². The van der Waals surface area contributed by atoms with Crippen molar-refractivity contribution in [1.82, 2.24) is 4.57 Å². The van der Waals surface area contributed by atoms with Crippen LogP contribution in [0.5, 0.6) is 5.75 Å². The second kappa shape index (κ2) is 5.08. The van der Waals surface area contributed by atoms with Gasteiger partial charge in [0.1, 0.15) is 5.75 Å². The third-order valence-corrected chi connectivity index (χ3v) is 4.50. The Morgan fingerprint density at radius 3 is 2.81 bits per heavy atom. The molecule has 1 aromatic heterocycles. The summed E-state index contributed by atoms with van der Waals surface area (Å²) in [6.07, 6.45) is 3.36. The molecular weight excluding hydrogens is 286 g/mol. The Labute approximate surface area is 130 Å². The monoisotopic (exact) mass is 305 g/mol. The second-order valence-electron chi connectivity index (χ2n) is 6.47.